The molecule has 0 aromatic heterocycles. The van der Waals surface area contributed by atoms with Gasteiger partial charge in [0.05, 0.1) is 7.11 Å². The zero-order chi connectivity index (χ0) is 15.5. The number of rotatable bonds is 10. The number of carbonyl (C=O) groups is 1. The van der Waals surface area contributed by atoms with Crippen LogP contribution in [-0.4, -0.2) is 26.2 Å². The van der Waals surface area contributed by atoms with Crippen LogP contribution in [0.2, 0.25) is 0 Å². The van der Waals surface area contributed by atoms with Crippen LogP contribution in [0.4, 0.5) is 0 Å². The van der Waals surface area contributed by atoms with Crippen LogP contribution in [0.5, 0.6) is 11.5 Å². The summed E-state index contributed by atoms with van der Waals surface area (Å²) >= 11 is 0. The third kappa shape index (κ3) is 7.02. The fourth-order valence-corrected chi connectivity index (χ4v) is 2.09. The Kier molecular flexibility index (Phi) is 8.32. The third-order valence-electron chi connectivity index (χ3n) is 3.54. The van der Waals surface area contributed by atoms with Gasteiger partial charge in [0, 0.05) is 12.6 Å². The summed E-state index contributed by atoms with van der Waals surface area (Å²) in [6.45, 7) is 5.13. The van der Waals surface area contributed by atoms with E-state index in [0.29, 0.717) is 11.7 Å². The lowest BCUT2D eigenvalue weighted by atomic mass is 9.99. The minimum atomic E-state index is -0.0761. The highest BCUT2D eigenvalue weighted by Crippen LogP contribution is 2.18. The Morgan fingerprint density at radius 1 is 1.29 bits per heavy atom. The average molecular weight is 293 g/mol. The largest absolute Gasteiger partial charge is 0.497 e. The summed E-state index contributed by atoms with van der Waals surface area (Å²) in [6, 6.07) is 7.26. The lowest BCUT2D eigenvalue weighted by Crippen LogP contribution is -2.33. The van der Waals surface area contributed by atoms with Crippen molar-refractivity contribution in [3.05, 3.63) is 24.3 Å². The van der Waals surface area contributed by atoms with E-state index in [1.807, 2.05) is 18.2 Å². The molecule has 0 aliphatic heterocycles. The van der Waals surface area contributed by atoms with E-state index < -0.39 is 0 Å². The molecule has 1 rings (SSSR count). The number of amides is 1. The van der Waals surface area contributed by atoms with Crippen LogP contribution in [0.3, 0.4) is 0 Å². The van der Waals surface area contributed by atoms with E-state index in [0.717, 1.165) is 18.7 Å². The van der Waals surface area contributed by atoms with Gasteiger partial charge in [0.15, 0.2) is 6.61 Å². The summed E-state index contributed by atoms with van der Waals surface area (Å²) < 4.78 is 10.6. The Balaban J connectivity index is 2.29. The number of methoxy groups -OCH3 is 1. The molecule has 1 N–H and O–H groups in total. The van der Waals surface area contributed by atoms with E-state index in [9.17, 15) is 4.79 Å². The van der Waals surface area contributed by atoms with E-state index >= 15 is 0 Å². The molecule has 21 heavy (non-hydrogen) atoms. The Labute approximate surface area is 127 Å². The van der Waals surface area contributed by atoms with Crippen molar-refractivity contribution >= 4 is 5.91 Å². The molecule has 1 atom stereocenters. The average Bonchev–Trinajstić information content (AvgIpc) is 2.53. The molecule has 0 heterocycles. The van der Waals surface area contributed by atoms with Crippen LogP contribution in [0.1, 0.15) is 39.5 Å². The minimum absolute atomic E-state index is 0.0391. The summed E-state index contributed by atoms with van der Waals surface area (Å²) in [5, 5.41) is 2.95. The van der Waals surface area contributed by atoms with Crippen molar-refractivity contribution in [2.24, 2.45) is 5.92 Å². The smallest absolute Gasteiger partial charge is 0.257 e. The van der Waals surface area contributed by atoms with Gasteiger partial charge in [-0.2, -0.15) is 0 Å². The van der Waals surface area contributed by atoms with Crippen molar-refractivity contribution < 1.29 is 14.3 Å². The van der Waals surface area contributed by atoms with E-state index in [1.54, 1.807) is 13.2 Å². The molecule has 0 spiro atoms. The predicted molar refractivity (Wildman–Crippen MR) is 84.8 cm³/mol. The van der Waals surface area contributed by atoms with Gasteiger partial charge in [-0.05, 0) is 24.5 Å². The van der Waals surface area contributed by atoms with Crippen molar-refractivity contribution in [3.63, 3.8) is 0 Å². The fourth-order valence-electron chi connectivity index (χ4n) is 2.09. The molecule has 4 nitrogen and oxygen atoms in total. The first-order valence-corrected chi connectivity index (χ1v) is 7.73. The second-order valence-electron chi connectivity index (χ2n) is 5.19. The fraction of sp³-hybridized carbons (Fsp3) is 0.588. The lowest BCUT2D eigenvalue weighted by molar-refractivity contribution is -0.123. The van der Waals surface area contributed by atoms with Crippen molar-refractivity contribution in [2.45, 2.75) is 39.5 Å². The predicted octanol–water partition coefficient (Wildman–Crippen LogP) is 3.41. The molecule has 118 valence electrons. The molecule has 0 radical (unpaired) electrons. The van der Waals surface area contributed by atoms with Crippen LogP contribution >= 0.6 is 0 Å². The molecule has 0 bridgehead atoms. The summed E-state index contributed by atoms with van der Waals surface area (Å²) in [6.07, 6.45) is 4.68. The topological polar surface area (TPSA) is 47.6 Å². The number of benzene rings is 1. The summed E-state index contributed by atoms with van der Waals surface area (Å²) in [7, 11) is 1.60. The quantitative estimate of drug-likeness (QED) is 0.719. The number of hydrogen-bond donors (Lipinski definition) is 1. The zero-order valence-corrected chi connectivity index (χ0v) is 13.4. The Morgan fingerprint density at radius 2 is 2.05 bits per heavy atom. The van der Waals surface area contributed by atoms with E-state index in [2.05, 4.69) is 19.2 Å². The van der Waals surface area contributed by atoms with Crippen LogP contribution < -0.4 is 14.8 Å². The highest BCUT2D eigenvalue weighted by atomic mass is 16.5. The molecule has 0 aliphatic carbocycles. The standard InChI is InChI=1S/C17H27NO3/c1-4-6-8-14(5-2)12-18-17(19)13-21-16-10-7-9-15(11-16)20-3/h7,9-11,14H,4-6,8,12-13H2,1-3H3,(H,18,19). The number of ether oxygens (including phenoxy) is 2. The van der Waals surface area contributed by atoms with Gasteiger partial charge in [-0.3, -0.25) is 4.79 Å². The van der Waals surface area contributed by atoms with Crippen molar-refractivity contribution in [1.82, 2.24) is 5.32 Å². The van der Waals surface area contributed by atoms with Crippen LogP contribution in [0.25, 0.3) is 0 Å². The molecule has 0 fully saturated rings. The van der Waals surface area contributed by atoms with E-state index in [1.165, 1.54) is 19.3 Å². The van der Waals surface area contributed by atoms with Gasteiger partial charge < -0.3 is 14.8 Å². The molecule has 0 saturated heterocycles. The number of hydrogen-bond acceptors (Lipinski definition) is 3. The lowest BCUT2D eigenvalue weighted by Gasteiger charge is -2.15. The molecule has 1 aromatic carbocycles. The molecule has 1 unspecified atom stereocenters. The van der Waals surface area contributed by atoms with Gasteiger partial charge in [0.1, 0.15) is 11.5 Å². The minimum Gasteiger partial charge on any atom is -0.497 e. The first-order chi connectivity index (χ1) is 10.2. The monoisotopic (exact) mass is 293 g/mol. The number of carbonyl (C=O) groups excluding carboxylic acids is 1. The zero-order valence-electron chi connectivity index (χ0n) is 13.4. The van der Waals surface area contributed by atoms with Gasteiger partial charge in [0.25, 0.3) is 5.91 Å². The maximum atomic E-state index is 11.8. The van der Waals surface area contributed by atoms with Crippen LogP contribution in [-0.2, 0) is 4.79 Å². The normalized spacial score (nSPS) is 11.8. The van der Waals surface area contributed by atoms with E-state index in [4.69, 9.17) is 9.47 Å². The summed E-state index contributed by atoms with van der Waals surface area (Å²) in [5.41, 5.74) is 0. The molecule has 0 aliphatic rings. The highest BCUT2D eigenvalue weighted by molar-refractivity contribution is 5.77. The third-order valence-corrected chi connectivity index (χ3v) is 3.54. The van der Waals surface area contributed by atoms with Crippen molar-refractivity contribution in [2.75, 3.05) is 20.3 Å². The molecule has 0 saturated carbocycles. The summed E-state index contributed by atoms with van der Waals surface area (Å²) in [5.74, 6) is 1.85. The second kappa shape index (κ2) is 10.1. The number of unbranched alkanes of at least 4 members (excludes halogenated alkanes) is 1. The molecule has 1 aromatic rings. The summed E-state index contributed by atoms with van der Waals surface area (Å²) in [4.78, 5) is 11.8. The second-order valence-corrected chi connectivity index (χ2v) is 5.19. The first-order valence-electron chi connectivity index (χ1n) is 7.73. The molecule has 4 heteroatoms. The van der Waals surface area contributed by atoms with Gasteiger partial charge in [-0.15, -0.1) is 0 Å². The molecular weight excluding hydrogens is 266 g/mol. The SMILES string of the molecule is CCCCC(CC)CNC(=O)COc1cccc(OC)c1. The van der Waals surface area contributed by atoms with E-state index in [-0.39, 0.29) is 12.5 Å². The van der Waals surface area contributed by atoms with Crippen molar-refractivity contribution in [3.8, 4) is 11.5 Å². The molecule has 1 amide bonds. The Hall–Kier alpha value is -1.71. The first kappa shape index (κ1) is 17.3. The van der Waals surface area contributed by atoms with Crippen LogP contribution in [0.15, 0.2) is 24.3 Å². The maximum absolute atomic E-state index is 11.8. The molecular formula is C17H27NO3. The Morgan fingerprint density at radius 3 is 2.71 bits per heavy atom. The van der Waals surface area contributed by atoms with Gasteiger partial charge >= 0.3 is 0 Å². The van der Waals surface area contributed by atoms with Crippen molar-refractivity contribution in [1.29, 1.82) is 0 Å². The highest BCUT2D eigenvalue weighted by Gasteiger charge is 2.09. The maximum Gasteiger partial charge on any atom is 0.257 e. The number of nitrogens with one attached hydrogen (secondary N) is 1. The van der Waals surface area contributed by atoms with Crippen LogP contribution in [0, 0.1) is 5.92 Å². The van der Waals surface area contributed by atoms with Gasteiger partial charge in [-0.1, -0.05) is 39.2 Å². The van der Waals surface area contributed by atoms with Gasteiger partial charge in [-0.25, -0.2) is 0 Å². The Bertz CT molecular complexity index is 420. The van der Waals surface area contributed by atoms with Gasteiger partial charge in [0.2, 0.25) is 0 Å².